The van der Waals surface area contributed by atoms with Crippen molar-refractivity contribution in [2.75, 3.05) is 5.73 Å². The van der Waals surface area contributed by atoms with Gasteiger partial charge in [0.15, 0.2) is 11.0 Å². The predicted octanol–water partition coefficient (Wildman–Crippen LogP) is 1.83. The van der Waals surface area contributed by atoms with Crippen molar-refractivity contribution >= 4 is 28.5 Å². The summed E-state index contributed by atoms with van der Waals surface area (Å²) in [5.41, 5.74) is 8.34. The molecule has 8 heteroatoms. The van der Waals surface area contributed by atoms with Gasteiger partial charge in [-0.05, 0) is 35.0 Å². The SMILES string of the molecule is CCCn1nnnc1CSc1nc2ccc(N)cc2[nH]1. The summed E-state index contributed by atoms with van der Waals surface area (Å²) < 4.78 is 1.83. The van der Waals surface area contributed by atoms with Crippen LogP contribution in [0.25, 0.3) is 11.0 Å². The zero-order chi connectivity index (χ0) is 13.9. The van der Waals surface area contributed by atoms with E-state index in [9.17, 15) is 0 Å². The van der Waals surface area contributed by atoms with Crippen LogP contribution in [0.5, 0.6) is 0 Å². The lowest BCUT2D eigenvalue weighted by molar-refractivity contribution is 0.564. The number of tetrazole rings is 1. The van der Waals surface area contributed by atoms with E-state index in [0.29, 0.717) is 5.75 Å². The maximum atomic E-state index is 5.75. The van der Waals surface area contributed by atoms with Gasteiger partial charge in [-0.2, -0.15) is 0 Å². The Morgan fingerprint density at radius 2 is 2.30 bits per heavy atom. The van der Waals surface area contributed by atoms with Crippen LogP contribution < -0.4 is 5.73 Å². The number of aromatic amines is 1. The van der Waals surface area contributed by atoms with Gasteiger partial charge in [-0.15, -0.1) is 5.10 Å². The summed E-state index contributed by atoms with van der Waals surface area (Å²) in [6.45, 7) is 2.93. The van der Waals surface area contributed by atoms with Crippen molar-refractivity contribution < 1.29 is 0 Å². The number of H-pyrrole nitrogens is 1. The minimum atomic E-state index is 0.683. The van der Waals surface area contributed by atoms with E-state index in [4.69, 9.17) is 5.73 Å². The van der Waals surface area contributed by atoms with E-state index in [0.717, 1.165) is 40.7 Å². The Morgan fingerprint density at radius 1 is 1.40 bits per heavy atom. The van der Waals surface area contributed by atoms with Crippen molar-refractivity contribution in [3.05, 3.63) is 24.0 Å². The summed E-state index contributed by atoms with van der Waals surface area (Å²) in [5.74, 6) is 1.54. The highest BCUT2D eigenvalue weighted by molar-refractivity contribution is 7.98. The second-order valence-corrected chi connectivity index (χ2v) is 5.39. The monoisotopic (exact) mass is 289 g/mol. The van der Waals surface area contributed by atoms with E-state index < -0.39 is 0 Å². The summed E-state index contributed by atoms with van der Waals surface area (Å²) in [7, 11) is 0. The number of hydrogen-bond donors (Lipinski definition) is 2. The van der Waals surface area contributed by atoms with Crippen molar-refractivity contribution in [1.29, 1.82) is 0 Å². The van der Waals surface area contributed by atoms with Crippen LogP contribution in [0.4, 0.5) is 5.69 Å². The molecule has 1 aromatic carbocycles. The van der Waals surface area contributed by atoms with E-state index in [2.05, 4.69) is 32.4 Å². The van der Waals surface area contributed by atoms with Crippen LogP contribution in [0.1, 0.15) is 19.2 Å². The van der Waals surface area contributed by atoms with Gasteiger partial charge in [-0.3, -0.25) is 0 Å². The second kappa shape index (κ2) is 5.49. The molecule has 0 bridgehead atoms. The lowest BCUT2D eigenvalue weighted by Gasteiger charge is -2.00. The van der Waals surface area contributed by atoms with Crippen LogP contribution in [0.15, 0.2) is 23.4 Å². The molecule has 3 aromatic rings. The molecule has 0 aliphatic rings. The maximum Gasteiger partial charge on any atom is 0.166 e. The molecule has 0 aliphatic carbocycles. The Bertz CT molecular complexity index is 717. The summed E-state index contributed by atoms with van der Waals surface area (Å²) in [4.78, 5) is 7.75. The van der Waals surface area contributed by atoms with Crippen LogP contribution in [-0.2, 0) is 12.3 Å². The maximum absolute atomic E-state index is 5.75. The number of nitrogens with one attached hydrogen (secondary N) is 1. The number of fused-ring (bicyclic) bond motifs is 1. The molecule has 0 atom stereocenters. The number of anilines is 1. The van der Waals surface area contributed by atoms with Gasteiger partial charge in [0.05, 0.1) is 16.8 Å². The topological polar surface area (TPSA) is 98.3 Å². The normalized spacial score (nSPS) is 11.2. The fourth-order valence-corrected chi connectivity index (χ4v) is 2.73. The van der Waals surface area contributed by atoms with Crippen LogP contribution in [0.3, 0.4) is 0 Å². The molecular formula is C12H15N7S. The van der Waals surface area contributed by atoms with Gasteiger partial charge in [-0.1, -0.05) is 18.7 Å². The number of thioether (sulfide) groups is 1. The Morgan fingerprint density at radius 3 is 3.15 bits per heavy atom. The van der Waals surface area contributed by atoms with E-state index in [1.165, 1.54) is 0 Å². The smallest absolute Gasteiger partial charge is 0.166 e. The van der Waals surface area contributed by atoms with E-state index in [1.807, 2.05) is 22.9 Å². The minimum absolute atomic E-state index is 0.683. The fraction of sp³-hybridized carbons (Fsp3) is 0.333. The number of nitrogens with zero attached hydrogens (tertiary/aromatic N) is 5. The number of imidazole rings is 1. The largest absolute Gasteiger partial charge is 0.399 e. The molecule has 2 aromatic heterocycles. The van der Waals surface area contributed by atoms with Gasteiger partial charge in [0.2, 0.25) is 0 Å². The van der Waals surface area contributed by atoms with Crippen molar-refractivity contribution in [3.8, 4) is 0 Å². The molecule has 0 amide bonds. The molecular weight excluding hydrogens is 274 g/mol. The molecule has 3 rings (SSSR count). The molecule has 7 nitrogen and oxygen atoms in total. The zero-order valence-corrected chi connectivity index (χ0v) is 11.9. The van der Waals surface area contributed by atoms with Gasteiger partial charge < -0.3 is 10.7 Å². The molecule has 0 unspecified atom stereocenters. The van der Waals surface area contributed by atoms with E-state index >= 15 is 0 Å². The Labute approximate surface area is 120 Å². The first kappa shape index (κ1) is 12.9. The van der Waals surface area contributed by atoms with Gasteiger partial charge >= 0.3 is 0 Å². The number of benzene rings is 1. The predicted molar refractivity (Wildman–Crippen MR) is 78.2 cm³/mol. The zero-order valence-electron chi connectivity index (χ0n) is 11.1. The molecule has 0 spiro atoms. The summed E-state index contributed by atoms with van der Waals surface area (Å²) in [5, 5.41) is 12.6. The van der Waals surface area contributed by atoms with Crippen molar-refractivity contribution in [1.82, 2.24) is 30.2 Å². The average molecular weight is 289 g/mol. The molecule has 0 aliphatic heterocycles. The molecule has 20 heavy (non-hydrogen) atoms. The first-order chi connectivity index (χ1) is 9.76. The highest BCUT2D eigenvalue weighted by Crippen LogP contribution is 2.23. The van der Waals surface area contributed by atoms with Crippen molar-refractivity contribution in [2.24, 2.45) is 0 Å². The van der Waals surface area contributed by atoms with Crippen molar-refractivity contribution in [2.45, 2.75) is 30.8 Å². The lowest BCUT2D eigenvalue weighted by atomic mass is 10.3. The highest BCUT2D eigenvalue weighted by Gasteiger charge is 2.08. The molecule has 104 valence electrons. The fourth-order valence-electron chi connectivity index (χ4n) is 1.92. The molecule has 0 fully saturated rings. The number of aromatic nitrogens is 6. The van der Waals surface area contributed by atoms with Crippen LogP contribution >= 0.6 is 11.8 Å². The van der Waals surface area contributed by atoms with Gasteiger partial charge in [0.1, 0.15) is 0 Å². The molecule has 0 radical (unpaired) electrons. The first-order valence-corrected chi connectivity index (χ1v) is 7.38. The van der Waals surface area contributed by atoms with Gasteiger partial charge in [0.25, 0.3) is 0 Å². The number of hydrogen-bond acceptors (Lipinski definition) is 6. The molecule has 0 saturated heterocycles. The van der Waals surface area contributed by atoms with Crippen LogP contribution in [0, 0.1) is 0 Å². The average Bonchev–Trinajstić information content (AvgIpc) is 3.02. The van der Waals surface area contributed by atoms with Gasteiger partial charge in [0, 0.05) is 12.2 Å². The third-order valence-corrected chi connectivity index (χ3v) is 3.73. The van der Waals surface area contributed by atoms with Gasteiger partial charge in [-0.25, -0.2) is 9.67 Å². The quantitative estimate of drug-likeness (QED) is 0.549. The summed E-state index contributed by atoms with van der Waals surface area (Å²) in [6.07, 6.45) is 1.01. The number of nitrogen functional groups attached to an aromatic ring is 1. The number of aryl methyl sites for hydroxylation is 1. The third-order valence-electron chi connectivity index (χ3n) is 2.86. The third kappa shape index (κ3) is 2.60. The Kier molecular flexibility index (Phi) is 3.55. The second-order valence-electron chi connectivity index (χ2n) is 4.43. The standard InChI is InChI=1S/C12H15N7S/c1-2-5-19-11(16-17-18-19)7-20-12-14-9-4-3-8(13)6-10(9)15-12/h3-4,6H,2,5,7,13H2,1H3,(H,14,15). The number of nitrogens with two attached hydrogens (primary N) is 1. The number of rotatable bonds is 5. The summed E-state index contributed by atoms with van der Waals surface area (Å²) in [6, 6.07) is 5.64. The first-order valence-electron chi connectivity index (χ1n) is 6.39. The van der Waals surface area contributed by atoms with Crippen LogP contribution in [-0.4, -0.2) is 30.2 Å². The van der Waals surface area contributed by atoms with Crippen LogP contribution in [0.2, 0.25) is 0 Å². The van der Waals surface area contributed by atoms with Crippen molar-refractivity contribution in [3.63, 3.8) is 0 Å². The highest BCUT2D eigenvalue weighted by atomic mass is 32.2. The molecule has 0 saturated carbocycles. The van der Waals surface area contributed by atoms with E-state index in [-0.39, 0.29) is 0 Å². The Hall–Kier alpha value is -2.09. The Balaban J connectivity index is 1.74. The lowest BCUT2D eigenvalue weighted by Crippen LogP contribution is -2.04. The molecule has 3 N–H and O–H groups in total. The molecule has 2 heterocycles. The minimum Gasteiger partial charge on any atom is -0.399 e. The summed E-state index contributed by atoms with van der Waals surface area (Å²) >= 11 is 1.58. The van der Waals surface area contributed by atoms with E-state index in [1.54, 1.807) is 11.8 Å².